The molecule has 0 fully saturated rings. The zero-order valence-corrected chi connectivity index (χ0v) is 15.2. The van der Waals surface area contributed by atoms with Crippen LogP contribution in [-0.2, 0) is 20.9 Å². The van der Waals surface area contributed by atoms with Crippen molar-refractivity contribution in [2.24, 2.45) is 5.73 Å². The Hall–Kier alpha value is -3.52. The Balaban J connectivity index is 1.98. The largest absolute Gasteiger partial charge is 0.457 e. The van der Waals surface area contributed by atoms with Crippen LogP contribution in [0.15, 0.2) is 77.4 Å². The van der Waals surface area contributed by atoms with Gasteiger partial charge in [0.1, 0.15) is 24.0 Å². The first-order valence-electron chi connectivity index (χ1n) is 8.58. The molecule has 0 unspecified atom stereocenters. The Morgan fingerprint density at radius 1 is 1.15 bits per heavy atom. The number of aryl methyl sites for hydroxylation is 1. The molecule has 1 aliphatic rings. The molecular weight excluding hydrogens is 340 g/mol. The lowest BCUT2D eigenvalue weighted by Gasteiger charge is -2.27. The number of rotatable bonds is 4. The molecular formula is C22H20N2O3. The molecule has 2 aromatic rings. The van der Waals surface area contributed by atoms with Gasteiger partial charge in [-0.15, -0.1) is 0 Å². The predicted molar refractivity (Wildman–Crippen MR) is 101 cm³/mol. The monoisotopic (exact) mass is 360 g/mol. The molecule has 0 saturated carbocycles. The Labute approximate surface area is 158 Å². The molecule has 136 valence electrons. The summed E-state index contributed by atoms with van der Waals surface area (Å²) in [4.78, 5) is 12.9. The van der Waals surface area contributed by atoms with Gasteiger partial charge >= 0.3 is 5.97 Å². The third-order valence-electron chi connectivity index (χ3n) is 4.54. The first-order valence-corrected chi connectivity index (χ1v) is 8.58. The van der Waals surface area contributed by atoms with Gasteiger partial charge in [0.2, 0.25) is 5.88 Å². The van der Waals surface area contributed by atoms with Gasteiger partial charge in [-0.1, -0.05) is 54.6 Å². The van der Waals surface area contributed by atoms with Gasteiger partial charge < -0.3 is 15.2 Å². The standard InChI is InChI=1S/C22H20N2O3/c1-14-8-6-7-11-17(14)20-18(12-23)21(24)27-15(2)19(20)22(25)26-13-16-9-4-3-5-10-16/h3-11,20H,13,24H2,1-2H3/t20-/m0/s1. The molecule has 2 N–H and O–H groups in total. The maximum absolute atomic E-state index is 12.9. The van der Waals surface area contributed by atoms with Crippen LogP contribution in [0.1, 0.15) is 29.5 Å². The number of carbonyl (C=O) groups is 1. The van der Waals surface area contributed by atoms with Gasteiger partial charge in [-0.2, -0.15) is 5.26 Å². The molecule has 27 heavy (non-hydrogen) atoms. The molecule has 0 saturated heterocycles. The van der Waals surface area contributed by atoms with E-state index < -0.39 is 11.9 Å². The van der Waals surface area contributed by atoms with Gasteiger partial charge in [0.15, 0.2) is 0 Å². The minimum Gasteiger partial charge on any atom is -0.457 e. The van der Waals surface area contributed by atoms with Crippen molar-refractivity contribution in [1.82, 2.24) is 0 Å². The summed E-state index contributed by atoms with van der Waals surface area (Å²) >= 11 is 0. The van der Waals surface area contributed by atoms with Crippen molar-refractivity contribution in [3.05, 3.63) is 94.1 Å². The van der Waals surface area contributed by atoms with Gasteiger partial charge in [-0.3, -0.25) is 0 Å². The van der Waals surface area contributed by atoms with Crippen molar-refractivity contribution in [2.75, 3.05) is 0 Å². The van der Waals surface area contributed by atoms with Gasteiger partial charge in [-0.05, 0) is 30.5 Å². The zero-order chi connectivity index (χ0) is 19.4. The lowest BCUT2D eigenvalue weighted by molar-refractivity contribution is -0.140. The molecule has 1 heterocycles. The number of ether oxygens (including phenoxy) is 2. The van der Waals surface area contributed by atoms with E-state index in [9.17, 15) is 10.1 Å². The molecule has 5 nitrogen and oxygen atoms in total. The second kappa shape index (κ2) is 7.79. The average molecular weight is 360 g/mol. The molecule has 1 aliphatic heterocycles. The van der Waals surface area contributed by atoms with E-state index in [2.05, 4.69) is 6.07 Å². The number of carbonyl (C=O) groups excluding carboxylic acids is 1. The number of nitrogens with zero attached hydrogens (tertiary/aromatic N) is 1. The quantitative estimate of drug-likeness (QED) is 0.838. The normalized spacial score (nSPS) is 16.6. The van der Waals surface area contributed by atoms with Gasteiger partial charge in [-0.25, -0.2) is 4.79 Å². The number of hydrogen-bond acceptors (Lipinski definition) is 5. The van der Waals surface area contributed by atoms with Crippen LogP contribution in [0, 0.1) is 18.3 Å². The summed E-state index contributed by atoms with van der Waals surface area (Å²) in [5, 5.41) is 9.64. The van der Waals surface area contributed by atoms with Gasteiger partial charge in [0, 0.05) is 0 Å². The molecule has 0 spiro atoms. The van der Waals surface area contributed by atoms with Gasteiger partial charge in [0.25, 0.3) is 0 Å². The van der Waals surface area contributed by atoms with E-state index in [1.54, 1.807) is 6.92 Å². The van der Waals surface area contributed by atoms with E-state index >= 15 is 0 Å². The van der Waals surface area contributed by atoms with Crippen LogP contribution in [0.4, 0.5) is 0 Å². The maximum Gasteiger partial charge on any atom is 0.338 e. The summed E-state index contributed by atoms with van der Waals surface area (Å²) in [6, 6.07) is 19.1. The fourth-order valence-electron chi connectivity index (χ4n) is 3.17. The molecule has 0 aliphatic carbocycles. The highest BCUT2D eigenvalue weighted by atomic mass is 16.5. The van der Waals surface area contributed by atoms with Gasteiger partial charge in [0.05, 0.1) is 11.5 Å². The summed E-state index contributed by atoms with van der Waals surface area (Å²) in [5.74, 6) is -0.779. The van der Waals surface area contributed by atoms with Crippen molar-refractivity contribution in [1.29, 1.82) is 5.26 Å². The Morgan fingerprint density at radius 2 is 1.81 bits per heavy atom. The molecule has 0 amide bonds. The number of allylic oxidation sites excluding steroid dienone is 2. The van der Waals surface area contributed by atoms with Crippen molar-refractivity contribution in [3.8, 4) is 6.07 Å². The van der Waals surface area contributed by atoms with E-state index in [0.717, 1.165) is 16.7 Å². The highest BCUT2D eigenvalue weighted by Gasteiger charge is 2.36. The summed E-state index contributed by atoms with van der Waals surface area (Å²) in [6.07, 6.45) is 0. The fourth-order valence-corrected chi connectivity index (χ4v) is 3.17. The topological polar surface area (TPSA) is 85.3 Å². The first-order chi connectivity index (χ1) is 13.0. The molecule has 3 rings (SSSR count). The van der Waals surface area contributed by atoms with Crippen LogP contribution >= 0.6 is 0 Å². The highest BCUT2D eigenvalue weighted by Crippen LogP contribution is 2.40. The third-order valence-corrected chi connectivity index (χ3v) is 4.54. The second-order valence-corrected chi connectivity index (χ2v) is 6.31. The molecule has 0 radical (unpaired) electrons. The first kappa shape index (κ1) is 18.3. The van der Waals surface area contributed by atoms with Crippen molar-refractivity contribution < 1.29 is 14.3 Å². The van der Waals surface area contributed by atoms with Crippen LogP contribution in [0.25, 0.3) is 0 Å². The SMILES string of the molecule is CC1=C(C(=O)OCc2ccccc2)[C@@H](c2ccccc2C)C(C#N)=C(N)O1. The van der Waals surface area contributed by atoms with E-state index in [-0.39, 0.29) is 18.1 Å². The van der Waals surface area contributed by atoms with Crippen LogP contribution in [0.3, 0.4) is 0 Å². The molecule has 5 heteroatoms. The third kappa shape index (κ3) is 3.70. The van der Waals surface area contributed by atoms with Crippen LogP contribution in [-0.4, -0.2) is 5.97 Å². The van der Waals surface area contributed by atoms with E-state index in [1.165, 1.54) is 0 Å². The minimum atomic E-state index is -0.617. The second-order valence-electron chi connectivity index (χ2n) is 6.31. The molecule has 0 aromatic heterocycles. The molecule has 1 atom stereocenters. The van der Waals surface area contributed by atoms with E-state index in [4.69, 9.17) is 15.2 Å². The number of nitriles is 1. The summed E-state index contributed by atoms with van der Waals surface area (Å²) < 4.78 is 11.0. The van der Waals surface area contributed by atoms with Crippen molar-refractivity contribution >= 4 is 5.97 Å². The lowest BCUT2D eigenvalue weighted by atomic mass is 9.81. The van der Waals surface area contributed by atoms with E-state index in [0.29, 0.717) is 11.3 Å². The Kier molecular flexibility index (Phi) is 5.28. The van der Waals surface area contributed by atoms with E-state index in [1.807, 2.05) is 61.5 Å². The summed E-state index contributed by atoms with van der Waals surface area (Å²) in [7, 11) is 0. The minimum absolute atomic E-state index is 0.0165. The number of nitrogens with two attached hydrogens (primary N) is 1. The number of hydrogen-bond donors (Lipinski definition) is 1. The fraction of sp³-hybridized carbons (Fsp3) is 0.182. The van der Waals surface area contributed by atoms with Crippen LogP contribution < -0.4 is 5.73 Å². The van der Waals surface area contributed by atoms with Crippen molar-refractivity contribution in [2.45, 2.75) is 26.4 Å². The summed E-state index contributed by atoms with van der Waals surface area (Å²) in [5.41, 5.74) is 9.09. The Bertz CT molecular complexity index is 969. The smallest absolute Gasteiger partial charge is 0.338 e. The van der Waals surface area contributed by atoms with Crippen LogP contribution in [0.5, 0.6) is 0 Å². The Morgan fingerprint density at radius 3 is 2.48 bits per heavy atom. The zero-order valence-electron chi connectivity index (χ0n) is 15.2. The molecule has 2 aromatic carbocycles. The average Bonchev–Trinajstić information content (AvgIpc) is 2.67. The van der Waals surface area contributed by atoms with Crippen LogP contribution in [0.2, 0.25) is 0 Å². The van der Waals surface area contributed by atoms with Crippen molar-refractivity contribution in [3.63, 3.8) is 0 Å². The summed E-state index contributed by atoms with van der Waals surface area (Å²) in [6.45, 7) is 3.72. The highest BCUT2D eigenvalue weighted by molar-refractivity contribution is 5.92. The number of benzene rings is 2. The predicted octanol–water partition coefficient (Wildman–Crippen LogP) is 3.82. The molecule has 0 bridgehead atoms. The maximum atomic E-state index is 12.9. The lowest BCUT2D eigenvalue weighted by Crippen LogP contribution is -2.26. The number of esters is 1.